The van der Waals surface area contributed by atoms with Gasteiger partial charge in [0, 0.05) is 11.6 Å². The first-order valence-electron chi connectivity index (χ1n) is 5.92. The molecule has 0 saturated heterocycles. The van der Waals surface area contributed by atoms with Crippen molar-refractivity contribution in [2.45, 2.75) is 45.1 Å². The Hall–Kier alpha value is -0.410. The Labute approximate surface area is 96.1 Å². The number of thiazole rings is 1. The van der Waals surface area contributed by atoms with Gasteiger partial charge in [-0.2, -0.15) is 0 Å². The summed E-state index contributed by atoms with van der Waals surface area (Å²) >= 11 is 1.80. The molecule has 0 radical (unpaired) electrons. The smallest absolute Gasteiger partial charge is 0.113 e. The van der Waals surface area contributed by atoms with Crippen LogP contribution >= 0.6 is 11.3 Å². The summed E-state index contributed by atoms with van der Waals surface area (Å²) in [7, 11) is 0. The summed E-state index contributed by atoms with van der Waals surface area (Å²) in [6, 6.07) is 0. The second-order valence-electron chi connectivity index (χ2n) is 4.69. The molecule has 2 atom stereocenters. The maximum absolute atomic E-state index is 4.51. The van der Waals surface area contributed by atoms with Crippen LogP contribution in [0.1, 0.15) is 44.5 Å². The van der Waals surface area contributed by atoms with E-state index < -0.39 is 0 Å². The molecule has 1 N–H and O–H groups in total. The molecule has 2 rings (SSSR count). The minimum atomic E-state index is 0.198. The summed E-state index contributed by atoms with van der Waals surface area (Å²) in [5.41, 5.74) is 0.198. The number of hydrogen-bond donors (Lipinski definition) is 1. The van der Waals surface area contributed by atoms with Gasteiger partial charge in [0.1, 0.15) is 5.01 Å². The van der Waals surface area contributed by atoms with E-state index in [9.17, 15) is 0 Å². The van der Waals surface area contributed by atoms with Gasteiger partial charge in [-0.1, -0.05) is 13.8 Å². The molecule has 0 bridgehead atoms. The molecule has 2 nitrogen and oxygen atoms in total. The fourth-order valence-electron chi connectivity index (χ4n) is 2.55. The summed E-state index contributed by atoms with van der Waals surface area (Å²) < 4.78 is 0. The van der Waals surface area contributed by atoms with Crippen LogP contribution in [-0.2, 0) is 5.54 Å². The van der Waals surface area contributed by atoms with Crippen LogP contribution in [0.4, 0.5) is 0 Å². The summed E-state index contributed by atoms with van der Waals surface area (Å²) in [4.78, 5) is 4.51. The first-order chi connectivity index (χ1) is 7.27. The Balaban J connectivity index is 2.16. The molecule has 1 aromatic rings. The Bertz CT molecular complexity index is 297. The number of nitrogens with one attached hydrogen (secondary N) is 1. The zero-order valence-electron chi connectivity index (χ0n) is 9.62. The molecule has 0 aromatic carbocycles. The van der Waals surface area contributed by atoms with Gasteiger partial charge in [-0.3, -0.25) is 0 Å². The minimum absolute atomic E-state index is 0.198. The van der Waals surface area contributed by atoms with Gasteiger partial charge in [0.05, 0.1) is 5.54 Å². The number of hydrogen-bond acceptors (Lipinski definition) is 3. The molecule has 0 aliphatic heterocycles. The van der Waals surface area contributed by atoms with Crippen LogP contribution in [-0.4, -0.2) is 11.5 Å². The van der Waals surface area contributed by atoms with E-state index in [0.29, 0.717) is 0 Å². The van der Waals surface area contributed by atoms with E-state index in [2.05, 4.69) is 29.5 Å². The van der Waals surface area contributed by atoms with Crippen molar-refractivity contribution >= 4 is 11.3 Å². The summed E-state index contributed by atoms with van der Waals surface area (Å²) in [5, 5.41) is 7.11. The normalized spacial score (nSPS) is 30.9. The molecule has 1 heterocycles. The van der Waals surface area contributed by atoms with E-state index in [-0.39, 0.29) is 5.54 Å². The van der Waals surface area contributed by atoms with Crippen LogP contribution < -0.4 is 5.32 Å². The maximum atomic E-state index is 4.51. The predicted octanol–water partition coefficient (Wildman–Crippen LogP) is 3.16. The van der Waals surface area contributed by atoms with Gasteiger partial charge in [-0.05, 0) is 38.1 Å². The fourth-order valence-corrected chi connectivity index (χ4v) is 3.40. The van der Waals surface area contributed by atoms with Crippen LogP contribution in [0, 0.1) is 5.92 Å². The van der Waals surface area contributed by atoms with Crippen molar-refractivity contribution in [3.05, 3.63) is 16.6 Å². The molecular formula is C12H20N2S. The van der Waals surface area contributed by atoms with Gasteiger partial charge in [0.15, 0.2) is 0 Å². The third-order valence-corrected chi connectivity index (χ3v) is 4.29. The lowest BCUT2D eigenvalue weighted by molar-refractivity contribution is 0.330. The van der Waals surface area contributed by atoms with Crippen LogP contribution in [0.5, 0.6) is 0 Å². The average Bonchev–Trinajstić information content (AvgIpc) is 2.84. The van der Waals surface area contributed by atoms with Crippen molar-refractivity contribution in [1.29, 1.82) is 0 Å². The van der Waals surface area contributed by atoms with Gasteiger partial charge in [-0.15, -0.1) is 11.3 Å². The molecular weight excluding hydrogens is 204 g/mol. The highest BCUT2D eigenvalue weighted by molar-refractivity contribution is 7.09. The van der Waals surface area contributed by atoms with Gasteiger partial charge in [-0.25, -0.2) is 4.98 Å². The molecule has 84 valence electrons. The number of aromatic nitrogens is 1. The van der Waals surface area contributed by atoms with Gasteiger partial charge >= 0.3 is 0 Å². The van der Waals surface area contributed by atoms with E-state index in [1.807, 2.05) is 6.20 Å². The molecule has 0 spiro atoms. The Morgan fingerprint density at radius 3 is 3.07 bits per heavy atom. The van der Waals surface area contributed by atoms with Crippen LogP contribution in [0.2, 0.25) is 0 Å². The van der Waals surface area contributed by atoms with Crippen molar-refractivity contribution in [2.24, 2.45) is 5.92 Å². The topological polar surface area (TPSA) is 24.9 Å². The van der Waals surface area contributed by atoms with Crippen molar-refractivity contribution in [1.82, 2.24) is 10.3 Å². The standard InChI is InChI=1S/C12H20N2S/c1-3-6-14-12(5-4-10(2)9-12)11-13-7-8-15-11/h7-8,10,14H,3-6,9H2,1-2H3. The van der Waals surface area contributed by atoms with Gasteiger partial charge in [0.2, 0.25) is 0 Å². The molecule has 1 aliphatic carbocycles. The third kappa shape index (κ3) is 2.23. The molecule has 2 unspecified atom stereocenters. The zero-order chi connectivity index (χ0) is 10.7. The van der Waals surface area contributed by atoms with Crippen LogP contribution in [0.3, 0.4) is 0 Å². The second kappa shape index (κ2) is 4.62. The zero-order valence-corrected chi connectivity index (χ0v) is 10.4. The Morgan fingerprint density at radius 1 is 1.67 bits per heavy atom. The molecule has 0 amide bonds. The fraction of sp³-hybridized carbons (Fsp3) is 0.750. The molecule has 1 saturated carbocycles. The highest BCUT2D eigenvalue weighted by atomic mass is 32.1. The van der Waals surface area contributed by atoms with Gasteiger partial charge in [0.25, 0.3) is 0 Å². The predicted molar refractivity (Wildman–Crippen MR) is 65.1 cm³/mol. The van der Waals surface area contributed by atoms with Crippen LogP contribution in [0.15, 0.2) is 11.6 Å². The quantitative estimate of drug-likeness (QED) is 0.850. The Morgan fingerprint density at radius 2 is 2.53 bits per heavy atom. The lowest BCUT2D eigenvalue weighted by Gasteiger charge is -2.28. The summed E-state index contributed by atoms with van der Waals surface area (Å²) in [6.45, 7) is 5.68. The first-order valence-corrected chi connectivity index (χ1v) is 6.80. The average molecular weight is 224 g/mol. The lowest BCUT2D eigenvalue weighted by atomic mass is 9.97. The number of nitrogens with zero attached hydrogens (tertiary/aromatic N) is 1. The highest BCUT2D eigenvalue weighted by Gasteiger charge is 2.40. The van der Waals surface area contributed by atoms with Crippen molar-refractivity contribution < 1.29 is 0 Å². The molecule has 1 aliphatic rings. The molecule has 3 heteroatoms. The maximum Gasteiger partial charge on any atom is 0.113 e. The van der Waals surface area contributed by atoms with Crippen molar-refractivity contribution in [3.8, 4) is 0 Å². The van der Waals surface area contributed by atoms with E-state index in [4.69, 9.17) is 0 Å². The monoisotopic (exact) mass is 224 g/mol. The highest BCUT2D eigenvalue weighted by Crippen LogP contribution is 2.42. The van der Waals surface area contributed by atoms with E-state index in [1.165, 1.54) is 30.7 Å². The summed E-state index contributed by atoms with van der Waals surface area (Å²) in [5.74, 6) is 0.832. The first kappa shape index (κ1) is 11.1. The molecule has 15 heavy (non-hydrogen) atoms. The number of rotatable bonds is 4. The van der Waals surface area contributed by atoms with Crippen LogP contribution in [0.25, 0.3) is 0 Å². The third-order valence-electron chi connectivity index (χ3n) is 3.32. The SMILES string of the molecule is CCCNC1(c2nccs2)CCC(C)C1. The van der Waals surface area contributed by atoms with Gasteiger partial charge < -0.3 is 5.32 Å². The van der Waals surface area contributed by atoms with E-state index in [0.717, 1.165) is 12.5 Å². The van der Waals surface area contributed by atoms with Crippen molar-refractivity contribution in [2.75, 3.05) is 6.54 Å². The molecule has 1 fully saturated rings. The largest absolute Gasteiger partial charge is 0.305 e. The molecule has 1 aromatic heterocycles. The van der Waals surface area contributed by atoms with E-state index in [1.54, 1.807) is 11.3 Å². The minimum Gasteiger partial charge on any atom is -0.305 e. The summed E-state index contributed by atoms with van der Waals surface area (Å²) in [6.07, 6.45) is 6.96. The van der Waals surface area contributed by atoms with Crippen molar-refractivity contribution in [3.63, 3.8) is 0 Å². The van der Waals surface area contributed by atoms with E-state index >= 15 is 0 Å². The second-order valence-corrected chi connectivity index (χ2v) is 5.59. The lowest BCUT2D eigenvalue weighted by Crippen LogP contribution is -2.40. The Kier molecular flexibility index (Phi) is 3.42.